The summed E-state index contributed by atoms with van der Waals surface area (Å²) in [7, 11) is 0. The zero-order valence-electron chi connectivity index (χ0n) is 17.7. The molecule has 0 saturated carbocycles. The molecule has 0 radical (unpaired) electrons. The van der Waals surface area contributed by atoms with Gasteiger partial charge in [-0.1, -0.05) is 53.2 Å². The predicted molar refractivity (Wildman–Crippen MR) is 130 cm³/mol. The molecule has 1 heterocycles. The van der Waals surface area contributed by atoms with E-state index in [2.05, 4.69) is 34.9 Å². The number of hydrogen-bond acceptors (Lipinski definition) is 4. The first kappa shape index (κ1) is 22.6. The minimum Gasteiger partial charge on any atom is -0.325 e. The van der Waals surface area contributed by atoms with Crippen LogP contribution in [0.3, 0.4) is 0 Å². The van der Waals surface area contributed by atoms with Crippen molar-refractivity contribution in [3.8, 4) is 0 Å². The number of carbonyl (C=O) groups is 3. The third kappa shape index (κ3) is 5.83. The molecular weight excluding hydrogens is 458 g/mol. The van der Waals surface area contributed by atoms with Crippen LogP contribution in [0.15, 0.2) is 88.3 Å². The average molecular weight is 478 g/mol. The van der Waals surface area contributed by atoms with E-state index in [0.29, 0.717) is 10.7 Å². The molecule has 8 heteroatoms. The fourth-order valence-corrected chi connectivity index (χ4v) is 4.08. The molecule has 1 fully saturated rings. The summed E-state index contributed by atoms with van der Waals surface area (Å²) in [5, 5.41) is 5.71. The number of nitrogens with one attached hydrogen (secondary N) is 2. The smallest absolute Gasteiger partial charge is 0.325 e. The van der Waals surface area contributed by atoms with Crippen LogP contribution in [0, 0.1) is 6.92 Å². The molecule has 3 aromatic rings. The van der Waals surface area contributed by atoms with Crippen LogP contribution in [0.25, 0.3) is 6.08 Å². The zero-order valence-corrected chi connectivity index (χ0v) is 19.2. The van der Waals surface area contributed by atoms with Gasteiger partial charge >= 0.3 is 6.03 Å². The van der Waals surface area contributed by atoms with E-state index in [1.807, 2.05) is 31.2 Å². The van der Waals surface area contributed by atoms with Gasteiger partial charge in [0, 0.05) is 20.5 Å². The van der Waals surface area contributed by atoms with E-state index in [1.54, 1.807) is 42.1 Å². The highest BCUT2D eigenvalue weighted by Crippen LogP contribution is 2.28. The summed E-state index contributed by atoms with van der Waals surface area (Å²) in [6.07, 6.45) is 1.59. The van der Waals surface area contributed by atoms with Crippen LogP contribution in [-0.4, -0.2) is 29.3 Å². The minimum atomic E-state index is -0.635. The Morgan fingerprint density at radius 3 is 2.21 bits per heavy atom. The number of aryl methyl sites for hydroxylation is 1. The molecule has 4 rings (SSSR count). The molecule has 0 aliphatic carbocycles. The maximum atomic E-state index is 12.7. The summed E-state index contributed by atoms with van der Waals surface area (Å²) in [4.78, 5) is 40.3. The number of halogens is 1. The van der Waals surface area contributed by atoms with Crippen molar-refractivity contribution in [1.29, 1.82) is 0 Å². The van der Waals surface area contributed by atoms with Gasteiger partial charge in [-0.05, 0) is 67.1 Å². The van der Waals surface area contributed by atoms with Crippen molar-refractivity contribution in [2.45, 2.75) is 16.7 Å². The van der Waals surface area contributed by atoms with Gasteiger partial charge in [0.2, 0.25) is 5.91 Å². The fourth-order valence-electron chi connectivity index (χ4n) is 3.13. The molecule has 4 amide bonds. The van der Waals surface area contributed by atoms with Gasteiger partial charge in [0.1, 0.15) is 12.2 Å². The molecule has 0 atom stereocenters. The fraction of sp³-hybridized carbons (Fsp3) is 0.0800. The third-order valence-corrected chi connectivity index (χ3v) is 6.11. The molecule has 0 spiro atoms. The Morgan fingerprint density at radius 2 is 1.58 bits per heavy atom. The molecular formula is C25H20ClN3O3S. The number of hydrogen-bond donors (Lipinski definition) is 2. The number of imide groups is 1. The van der Waals surface area contributed by atoms with Gasteiger partial charge in [0.15, 0.2) is 0 Å². The van der Waals surface area contributed by atoms with Crippen LogP contribution in [-0.2, 0) is 9.59 Å². The third-order valence-electron chi connectivity index (χ3n) is 4.84. The van der Waals surface area contributed by atoms with Crippen molar-refractivity contribution in [2.75, 3.05) is 11.9 Å². The van der Waals surface area contributed by atoms with Crippen molar-refractivity contribution in [2.24, 2.45) is 0 Å². The van der Waals surface area contributed by atoms with E-state index in [0.717, 1.165) is 20.3 Å². The van der Waals surface area contributed by atoms with Crippen LogP contribution >= 0.6 is 23.4 Å². The van der Waals surface area contributed by atoms with Gasteiger partial charge in [-0.2, -0.15) is 0 Å². The summed E-state index contributed by atoms with van der Waals surface area (Å²) in [5.74, 6) is -1.04. The number of urea groups is 1. The van der Waals surface area contributed by atoms with E-state index < -0.39 is 24.4 Å². The lowest BCUT2D eigenvalue weighted by molar-refractivity contribution is -0.127. The van der Waals surface area contributed by atoms with E-state index in [-0.39, 0.29) is 5.70 Å². The van der Waals surface area contributed by atoms with E-state index in [9.17, 15) is 14.4 Å². The Morgan fingerprint density at radius 1 is 0.970 bits per heavy atom. The first-order valence-electron chi connectivity index (χ1n) is 10.1. The maximum Gasteiger partial charge on any atom is 0.329 e. The van der Waals surface area contributed by atoms with Crippen molar-refractivity contribution in [3.63, 3.8) is 0 Å². The highest BCUT2D eigenvalue weighted by Gasteiger charge is 2.34. The number of anilines is 1. The van der Waals surface area contributed by atoms with Crippen LogP contribution in [0.5, 0.6) is 0 Å². The number of rotatable bonds is 6. The zero-order chi connectivity index (χ0) is 23.4. The Bertz CT molecular complexity index is 1220. The normalized spacial score (nSPS) is 14.5. The van der Waals surface area contributed by atoms with Gasteiger partial charge in [-0.15, -0.1) is 0 Å². The summed E-state index contributed by atoms with van der Waals surface area (Å²) in [5.41, 5.74) is 2.62. The van der Waals surface area contributed by atoms with Crippen molar-refractivity contribution in [1.82, 2.24) is 10.2 Å². The van der Waals surface area contributed by atoms with Gasteiger partial charge in [0.05, 0.1) is 0 Å². The standard InChI is InChI=1S/C25H20ClN3O3S/c1-16-2-10-20(11-3-16)33-21-12-4-17(5-13-21)14-22-24(31)29(25(32)28-22)15-23(30)27-19-8-6-18(26)7-9-19/h2-14H,15H2,1H3,(H,27,30)(H,28,32)/b22-14-. The number of benzene rings is 3. The SMILES string of the molecule is Cc1ccc(Sc2ccc(/C=C3\NC(=O)N(CC(=O)Nc4ccc(Cl)cc4)C3=O)cc2)cc1. The Kier molecular flexibility index (Phi) is 6.82. The summed E-state index contributed by atoms with van der Waals surface area (Å²) >= 11 is 7.47. The van der Waals surface area contributed by atoms with Gasteiger partial charge < -0.3 is 10.6 Å². The molecule has 166 valence electrons. The second kappa shape index (κ2) is 9.94. The average Bonchev–Trinajstić information content (AvgIpc) is 3.05. The number of nitrogens with zero attached hydrogens (tertiary/aromatic N) is 1. The summed E-state index contributed by atoms with van der Waals surface area (Å²) in [6, 6.07) is 21.8. The van der Waals surface area contributed by atoms with Crippen LogP contribution in [0.1, 0.15) is 11.1 Å². The van der Waals surface area contributed by atoms with Crippen molar-refractivity contribution < 1.29 is 14.4 Å². The summed E-state index contributed by atoms with van der Waals surface area (Å²) < 4.78 is 0. The van der Waals surface area contributed by atoms with Gasteiger partial charge in [-0.3, -0.25) is 9.59 Å². The highest BCUT2D eigenvalue weighted by atomic mass is 35.5. The Labute approximate surface area is 200 Å². The Balaban J connectivity index is 1.39. The molecule has 0 bridgehead atoms. The quantitative estimate of drug-likeness (QED) is 0.371. The van der Waals surface area contributed by atoms with Gasteiger partial charge in [-0.25, -0.2) is 9.69 Å². The van der Waals surface area contributed by atoms with Crippen LogP contribution < -0.4 is 10.6 Å². The molecule has 0 aromatic heterocycles. The van der Waals surface area contributed by atoms with Crippen LogP contribution in [0.4, 0.5) is 10.5 Å². The topological polar surface area (TPSA) is 78.5 Å². The molecule has 1 aliphatic rings. The van der Waals surface area contributed by atoms with E-state index in [1.165, 1.54) is 5.56 Å². The lowest BCUT2D eigenvalue weighted by Gasteiger charge is -2.12. The molecule has 1 saturated heterocycles. The van der Waals surface area contributed by atoms with E-state index >= 15 is 0 Å². The lowest BCUT2D eigenvalue weighted by atomic mass is 10.2. The minimum absolute atomic E-state index is 0.123. The summed E-state index contributed by atoms with van der Waals surface area (Å²) in [6.45, 7) is 1.66. The largest absolute Gasteiger partial charge is 0.329 e. The monoisotopic (exact) mass is 477 g/mol. The predicted octanol–water partition coefficient (Wildman–Crippen LogP) is 5.33. The molecule has 3 aromatic carbocycles. The lowest BCUT2D eigenvalue weighted by Crippen LogP contribution is -2.38. The Hall–Kier alpha value is -3.55. The maximum absolute atomic E-state index is 12.7. The van der Waals surface area contributed by atoms with E-state index in [4.69, 9.17) is 11.6 Å². The van der Waals surface area contributed by atoms with Crippen molar-refractivity contribution in [3.05, 3.63) is 94.6 Å². The molecule has 6 nitrogen and oxygen atoms in total. The second-order valence-electron chi connectivity index (χ2n) is 7.42. The van der Waals surface area contributed by atoms with Crippen LogP contribution in [0.2, 0.25) is 5.02 Å². The first-order chi connectivity index (χ1) is 15.9. The van der Waals surface area contributed by atoms with Crippen molar-refractivity contribution >= 4 is 53.0 Å². The number of amides is 4. The van der Waals surface area contributed by atoms with Gasteiger partial charge in [0.25, 0.3) is 5.91 Å². The molecule has 0 unspecified atom stereocenters. The highest BCUT2D eigenvalue weighted by molar-refractivity contribution is 7.99. The first-order valence-corrected chi connectivity index (χ1v) is 11.3. The number of carbonyl (C=O) groups excluding carboxylic acids is 3. The second-order valence-corrected chi connectivity index (χ2v) is 9.00. The molecule has 33 heavy (non-hydrogen) atoms. The molecule has 2 N–H and O–H groups in total. The molecule has 1 aliphatic heterocycles.